The third-order valence-electron chi connectivity index (χ3n) is 3.12. The Morgan fingerprint density at radius 3 is 2.74 bits per heavy atom. The minimum atomic E-state index is -5.06. The fourth-order valence-corrected chi connectivity index (χ4v) is 2.34. The number of rotatable bonds is 4. The molecule has 1 fully saturated rings. The average Bonchev–Trinajstić information content (AvgIpc) is 2.68. The minimum absolute atomic E-state index is 0. The van der Waals surface area contributed by atoms with Crippen LogP contribution in [0.5, 0.6) is 0 Å². The Kier molecular flexibility index (Phi) is 6.91. The van der Waals surface area contributed by atoms with Crippen LogP contribution in [0.25, 0.3) is 0 Å². The first-order chi connectivity index (χ1) is 10.1. The van der Waals surface area contributed by atoms with Crippen LogP contribution in [0.15, 0.2) is 15.8 Å². The SMILES string of the molecule is Cc1cn([C@H]2O[C@@H](COP(=O)([O-])O)[C@H](O)[C@H]2F)c(=O)[nH]c1=O.[Na+]. The molecule has 3 N–H and O–H groups in total. The summed E-state index contributed by atoms with van der Waals surface area (Å²) in [6.07, 6.45) is -5.79. The maximum atomic E-state index is 14.1. The van der Waals surface area contributed by atoms with E-state index in [2.05, 4.69) is 4.52 Å². The molecule has 1 unspecified atom stereocenters. The van der Waals surface area contributed by atoms with Gasteiger partial charge in [-0.15, -0.1) is 0 Å². The molecule has 1 aliphatic heterocycles. The van der Waals surface area contributed by atoms with E-state index in [1.807, 2.05) is 4.98 Å². The Morgan fingerprint density at radius 1 is 1.57 bits per heavy atom. The van der Waals surface area contributed by atoms with Gasteiger partial charge in [-0.2, -0.15) is 0 Å². The van der Waals surface area contributed by atoms with Gasteiger partial charge >= 0.3 is 35.2 Å². The molecule has 23 heavy (non-hydrogen) atoms. The largest absolute Gasteiger partial charge is 1.00 e. The zero-order valence-corrected chi connectivity index (χ0v) is 15.1. The predicted octanol–water partition coefficient (Wildman–Crippen LogP) is -5.08. The van der Waals surface area contributed by atoms with Crippen molar-refractivity contribution in [3.8, 4) is 0 Å². The van der Waals surface area contributed by atoms with Crippen molar-refractivity contribution in [2.45, 2.75) is 31.5 Å². The maximum absolute atomic E-state index is 14.1. The van der Waals surface area contributed by atoms with E-state index < -0.39 is 50.3 Å². The van der Waals surface area contributed by atoms with Crippen molar-refractivity contribution in [1.29, 1.82) is 0 Å². The van der Waals surface area contributed by atoms with Crippen molar-refractivity contribution in [3.63, 3.8) is 0 Å². The standard InChI is InChI=1S/C10H14FN2O8P.Na/c1-4-2-13(10(16)12-8(4)15)9-6(11)7(14)5(21-9)3-20-22(17,18)19;/h2,5-7,9,14H,3H2,1H3,(H,12,15,16)(H2,17,18,19);/q;+1/p-1/t5-,6+,7-,9-;/m0./s1. The summed E-state index contributed by atoms with van der Waals surface area (Å²) in [6, 6.07) is 0. The second-order valence-corrected chi connectivity index (χ2v) is 5.94. The van der Waals surface area contributed by atoms with Gasteiger partial charge in [-0.05, 0) is 6.92 Å². The molecule has 0 radical (unpaired) electrons. The van der Waals surface area contributed by atoms with E-state index in [1.165, 1.54) is 6.92 Å². The summed E-state index contributed by atoms with van der Waals surface area (Å²) < 4.78 is 34.4. The molecule has 5 atom stereocenters. The van der Waals surface area contributed by atoms with Gasteiger partial charge in [0.15, 0.2) is 12.4 Å². The first-order valence-corrected chi connectivity index (χ1v) is 7.57. The van der Waals surface area contributed by atoms with Gasteiger partial charge in [0, 0.05) is 11.8 Å². The summed E-state index contributed by atoms with van der Waals surface area (Å²) in [5, 5.41) is 9.66. The molecule has 1 aromatic heterocycles. The van der Waals surface area contributed by atoms with Crippen LogP contribution in [0.2, 0.25) is 0 Å². The molecule has 1 aliphatic rings. The molecule has 124 valence electrons. The topological polar surface area (TPSA) is 154 Å². The number of aromatic amines is 1. The first kappa shape index (κ1) is 20.7. The summed E-state index contributed by atoms with van der Waals surface area (Å²) in [4.78, 5) is 43.9. The summed E-state index contributed by atoms with van der Waals surface area (Å²) >= 11 is 0. The van der Waals surface area contributed by atoms with Crippen molar-refractivity contribution in [1.82, 2.24) is 9.55 Å². The number of nitrogens with one attached hydrogen (secondary N) is 1. The Morgan fingerprint density at radius 2 is 2.17 bits per heavy atom. The zero-order chi connectivity index (χ0) is 16.7. The van der Waals surface area contributed by atoms with Gasteiger partial charge in [-0.1, -0.05) is 0 Å². The first-order valence-electron chi connectivity index (χ1n) is 6.08. The maximum Gasteiger partial charge on any atom is 1.00 e. The van der Waals surface area contributed by atoms with Gasteiger partial charge in [-0.3, -0.25) is 18.9 Å². The molecule has 0 spiro atoms. The van der Waals surface area contributed by atoms with Crippen LogP contribution < -0.4 is 45.7 Å². The molecule has 2 rings (SSSR count). The van der Waals surface area contributed by atoms with Crippen LogP contribution >= 0.6 is 7.82 Å². The number of hydrogen-bond donors (Lipinski definition) is 3. The van der Waals surface area contributed by atoms with E-state index in [-0.39, 0.29) is 35.1 Å². The molecule has 0 aliphatic carbocycles. The van der Waals surface area contributed by atoms with Crippen LogP contribution in [0.1, 0.15) is 11.8 Å². The van der Waals surface area contributed by atoms with Gasteiger partial charge in [0.2, 0.25) is 0 Å². The number of aliphatic hydroxyl groups is 1. The van der Waals surface area contributed by atoms with Gasteiger partial charge in [0.25, 0.3) is 13.4 Å². The normalized spacial score (nSPS) is 29.8. The number of phosphoric ester groups is 1. The number of aromatic nitrogens is 2. The summed E-state index contributed by atoms with van der Waals surface area (Å²) in [6.45, 7) is 0.555. The van der Waals surface area contributed by atoms with Gasteiger partial charge in [0.1, 0.15) is 12.2 Å². The molecule has 0 bridgehead atoms. The van der Waals surface area contributed by atoms with Crippen molar-refractivity contribution >= 4 is 7.82 Å². The number of hydrogen-bond acceptors (Lipinski definition) is 7. The quantitative estimate of drug-likeness (QED) is 0.355. The Labute approximate surface area is 150 Å². The summed E-state index contributed by atoms with van der Waals surface area (Å²) in [7, 11) is -5.06. The van der Waals surface area contributed by atoms with E-state index in [1.54, 1.807) is 0 Å². The predicted molar refractivity (Wildman–Crippen MR) is 66.6 cm³/mol. The number of halogens is 1. The fourth-order valence-electron chi connectivity index (χ4n) is 2.01. The molecule has 0 aromatic carbocycles. The molecule has 1 saturated heterocycles. The molecule has 0 amide bonds. The van der Waals surface area contributed by atoms with Crippen molar-refractivity contribution in [3.05, 3.63) is 32.6 Å². The molecule has 10 nitrogen and oxygen atoms in total. The number of nitrogens with zero attached hydrogens (tertiary/aromatic N) is 1. The van der Waals surface area contributed by atoms with Crippen LogP contribution in [0.4, 0.5) is 4.39 Å². The van der Waals surface area contributed by atoms with E-state index in [0.717, 1.165) is 10.8 Å². The van der Waals surface area contributed by atoms with Crippen LogP contribution in [0, 0.1) is 6.92 Å². The van der Waals surface area contributed by atoms with Gasteiger partial charge in [0.05, 0.1) is 6.61 Å². The number of alkyl halides is 1. The monoisotopic (exact) mass is 362 g/mol. The number of aliphatic hydroxyl groups excluding tert-OH is 1. The molecule has 13 heteroatoms. The number of aryl methyl sites for hydroxylation is 1. The number of phosphoric acid groups is 1. The molecular formula is C10H13FN2NaO8P. The van der Waals surface area contributed by atoms with Gasteiger partial charge < -0.3 is 24.2 Å². The van der Waals surface area contributed by atoms with Crippen LogP contribution in [-0.2, 0) is 13.8 Å². The Balaban J connectivity index is 0.00000264. The molecule has 2 heterocycles. The van der Waals surface area contributed by atoms with E-state index in [9.17, 15) is 28.5 Å². The molecular weight excluding hydrogens is 349 g/mol. The summed E-state index contributed by atoms with van der Waals surface area (Å²) in [5.74, 6) is 0. The van der Waals surface area contributed by atoms with Crippen molar-refractivity contribution < 1.29 is 62.7 Å². The fraction of sp³-hybridized carbons (Fsp3) is 0.600. The van der Waals surface area contributed by atoms with Crippen LogP contribution in [0.3, 0.4) is 0 Å². The van der Waals surface area contributed by atoms with Crippen molar-refractivity contribution in [2.24, 2.45) is 0 Å². The van der Waals surface area contributed by atoms with E-state index in [0.29, 0.717) is 0 Å². The molecule has 1 aromatic rings. The minimum Gasteiger partial charge on any atom is -0.756 e. The second kappa shape index (κ2) is 7.68. The third kappa shape index (κ3) is 4.81. The Hall–Kier alpha value is -0.360. The summed E-state index contributed by atoms with van der Waals surface area (Å²) in [5.41, 5.74) is -1.49. The van der Waals surface area contributed by atoms with E-state index >= 15 is 0 Å². The van der Waals surface area contributed by atoms with Crippen molar-refractivity contribution in [2.75, 3.05) is 6.61 Å². The second-order valence-electron chi connectivity index (χ2n) is 4.74. The number of ether oxygens (including phenoxy) is 1. The average molecular weight is 362 g/mol. The Bertz CT molecular complexity index is 718. The van der Waals surface area contributed by atoms with Gasteiger partial charge in [-0.25, -0.2) is 9.18 Å². The van der Waals surface area contributed by atoms with Crippen LogP contribution in [-0.4, -0.2) is 44.5 Å². The third-order valence-corrected chi connectivity index (χ3v) is 3.59. The van der Waals surface area contributed by atoms with E-state index in [4.69, 9.17) is 9.63 Å². The molecule has 0 saturated carbocycles. The zero-order valence-electron chi connectivity index (χ0n) is 12.2. The smallest absolute Gasteiger partial charge is 0.756 e. The number of H-pyrrole nitrogens is 1.